The Morgan fingerprint density at radius 2 is 2.00 bits per heavy atom. The van der Waals surface area contributed by atoms with Crippen LogP contribution in [0.2, 0.25) is 0 Å². The zero-order valence-corrected chi connectivity index (χ0v) is 13.9. The van der Waals surface area contributed by atoms with E-state index in [1.165, 1.54) is 0 Å². The fourth-order valence-corrected chi connectivity index (χ4v) is 1.82. The molecule has 0 heterocycles. The molecule has 0 aliphatic rings. The van der Waals surface area contributed by atoms with Crippen LogP contribution in [0.4, 0.5) is 5.69 Å². The maximum atomic E-state index is 11.9. The highest BCUT2D eigenvalue weighted by Gasteiger charge is 2.12. The minimum absolute atomic E-state index is 0.0972. The predicted molar refractivity (Wildman–Crippen MR) is 86.9 cm³/mol. The molecule has 1 rings (SSSR count). The molecule has 2 amide bonds. The molecule has 1 aromatic rings. The minimum Gasteiger partial charge on any atom is -0.492 e. The number of para-hydroxylation sites is 2. The molecule has 0 saturated heterocycles. The second kappa shape index (κ2) is 9.39. The maximum Gasteiger partial charge on any atom is 0.233 e. The smallest absolute Gasteiger partial charge is 0.233 e. The molecule has 0 aliphatic heterocycles. The molecular formula is C15H21BrN2O3. The number of carbonyl (C=O) groups is 2. The van der Waals surface area contributed by atoms with Gasteiger partial charge in [-0.25, -0.2) is 0 Å². The third-order valence-corrected chi connectivity index (χ3v) is 3.82. The number of halogens is 1. The van der Waals surface area contributed by atoms with Crippen molar-refractivity contribution in [1.82, 2.24) is 5.32 Å². The summed E-state index contributed by atoms with van der Waals surface area (Å²) < 4.78 is 5.44. The number of benzene rings is 1. The van der Waals surface area contributed by atoms with Crippen molar-refractivity contribution in [2.75, 3.05) is 18.5 Å². The quantitative estimate of drug-likeness (QED) is 0.703. The van der Waals surface area contributed by atoms with E-state index in [2.05, 4.69) is 26.6 Å². The number of hydrogen-bond acceptors (Lipinski definition) is 3. The molecule has 116 valence electrons. The van der Waals surface area contributed by atoms with Gasteiger partial charge in [-0.1, -0.05) is 35.0 Å². The zero-order valence-electron chi connectivity index (χ0n) is 12.3. The second-order valence-electron chi connectivity index (χ2n) is 4.39. The molecular weight excluding hydrogens is 336 g/mol. The number of alkyl halides is 1. The molecule has 0 spiro atoms. The van der Waals surface area contributed by atoms with Crippen molar-refractivity contribution >= 4 is 33.4 Å². The third kappa shape index (κ3) is 6.16. The van der Waals surface area contributed by atoms with Crippen molar-refractivity contribution in [2.24, 2.45) is 0 Å². The summed E-state index contributed by atoms with van der Waals surface area (Å²) in [7, 11) is 0. The van der Waals surface area contributed by atoms with Gasteiger partial charge in [-0.3, -0.25) is 9.59 Å². The SMILES string of the molecule is CCOc1ccccc1NC(=O)CCNC(=O)C(Br)CC. The molecule has 2 N–H and O–H groups in total. The maximum absolute atomic E-state index is 11.9. The Bertz CT molecular complexity index is 480. The van der Waals surface area contributed by atoms with Crippen molar-refractivity contribution < 1.29 is 14.3 Å². The molecule has 1 atom stereocenters. The number of nitrogens with one attached hydrogen (secondary N) is 2. The highest BCUT2D eigenvalue weighted by atomic mass is 79.9. The molecule has 21 heavy (non-hydrogen) atoms. The second-order valence-corrected chi connectivity index (χ2v) is 5.50. The molecule has 1 aromatic carbocycles. The van der Waals surface area contributed by atoms with Crippen LogP contribution < -0.4 is 15.4 Å². The molecule has 0 aromatic heterocycles. The molecule has 0 saturated carbocycles. The molecule has 5 nitrogen and oxygen atoms in total. The lowest BCUT2D eigenvalue weighted by molar-refractivity contribution is -0.120. The first-order chi connectivity index (χ1) is 10.1. The fraction of sp³-hybridized carbons (Fsp3) is 0.467. The van der Waals surface area contributed by atoms with Gasteiger partial charge in [-0.2, -0.15) is 0 Å². The van der Waals surface area contributed by atoms with Gasteiger partial charge in [0.1, 0.15) is 5.75 Å². The summed E-state index contributed by atoms with van der Waals surface area (Å²) >= 11 is 3.26. The lowest BCUT2D eigenvalue weighted by Gasteiger charge is -2.12. The van der Waals surface area contributed by atoms with E-state index in [1.807, 2.05) is 26.0 Å². The number of anilines is 1. The Morgan fingerprint density at radius 3 is 2.67 bits per heavy atom. The Morgan fingerprint density at radius 1 is 1.29 bits per heavy atom. The van der Waals surface area contributed by atoms with E-state index in [1.54, 1.807) is 12.1 Å². The number of carbonyl (C=O) groups excluding carboxylic acids is 2. The lowest BCUT2D eigenvalue weighted by atomic mass is 10.2. The van der Waals surface area contributed by atoms with Crippen molar-refractivity contribution in [1.29, 1.82) is 0 Å². The summed E-state index contributed by atoms with van der Waals surface area (Å²) in [4.78, 5) is 23.2. The van der Waals surface area contributed by atoms with Gasteiger partial charge in [-0.15, -0.1) is 0 Å². The number of rotatable bonds is 8. The average Bonchev–Trinajstić information content (AvgIpc) is 2.48. The first-order valence-corrected chi connectivity index (χ1v) is 7.93. The van der Waals surface area contributed by atoms with Crippen molar-refractivity contribution in [3.8, 4) is 5.75 Å². The van der Waals surface area contributed by atoms with Crippen LogP contribution in [-0.2, 0) is 9.59 Å². The lowest BCUT2D eigenvalue weighted by Crippen LogP contribution is -2.33. The van der Waals surface area contributed by atoms with Crippen LogP contribution in [0.25, 0.3) is 0 Å². The van der Waals surface area contributed by atoms with Crippen LogP contribution in [0.3, 0.4) is 0 Å². The monoisotopic (exact) mass is 356 g/mol. The van der Waals surface area contributed by atoms with Crippen LogP contribution >= 0.6 is 15.9 Å². The molecule has 0 fully saturated rings. The Hall–Kier alpha value is -1.56. The van der Waals surface area contributed by atoms with Crippen LogP contribution in [0.5, 0.6) is 5.75 Å². The van der Waals surface area contributed by atoms with Crippen molar-refractivity contribution in [3.05, 3.63) is 24.3 Å². The highest BCUT2D eigenvalue weighted by Crippen LogP contribution is 2.23. The van der Waals surface area contributed by atoms with Gasteiger partial charge in [0.2, 0.25) is 11.8 Å². The number of hydrogen-bond donors (Lipinski definition) is 2. The van der Waals surface area contributed by atoms with Crippen LogP contribution in [-0.4, -0.2) is 29.8 Å². The Labute approximate surface area is 133 Å². The van der Waals surface area contributed by atoms with Crippen LogP contribution in [0.1, 0.15) is 26.7 Å². The summed E-state index contributed by atoms with van der Waals surface area (Å²) in [6.45, 7) is 4.64. The topological polar surface area (TPSA) is 67.4 Å². The van der Waals surface area contributed by atoms with Crippen LogP contribution in [0.15, 0.2) is 24.3 Å². The van der Waals surface area contributed by atoms with Gasteiger partial charge in [0.25, 0.3) is 0 Å². The molecule has 0 bridgehead atoms. The minimum atomic E-state index is -0.209. The van der Waals surface area contributed by atoms with Gasteiger partial charge in [-0.05, 0) is 25.5 Å². The van der Waals surface area contributed by atoms with Crippen molar-refractivity contribution in [3.63, 3.8) is 0 Å². The summed E-state index contributed by atoms with van der Waals surface area (Å²) in [5, 5.41) is 5.50. The molecule has 0 radical (unpaired) electrons. The number of ether oxygens (including phenoxy) is 1. The van der Waals surface area contributed by atoms with Gasteiger partial charge in [0.15, 0.2) is 0 Å². The first kappa shape index (κ1) is 17.5. The largest absolute Gasteiger partial charge is 0.492 e. The summed E-state index contributed by atoms with van der Waals surface area (Å²) in [5.41, 5.74) is 0.641. The normalized spacial score (nSPS) is 11.6. The van der Waals surface area contributed by atoms with E-state index in [4.69, 9.17) is 4.74 Å². The fourth-order valence-electron chi connectivity index (χ4n) is 1.66. The Balaban J connectivity index is 2.42. The zero-order chi connectivity index (χ0) is 15.7. The average molecular weight is 357 g/mol. The van der Waals surface area contributed by atoms with E-state index in [0.717, 1.165) is 0 Å². The number of amides is 2. The van der Waals surface area contributed by atoms with Gasteiger partial charge in [0, 0.05) is 13.0 Å². The van der Waals surface area contributed by atoms with E-state index in [9.17, 15) is 9.59 Å². The van der Waals surface area contributed by atoms with E-state index in [-0.39, 0.29) is 23.1 Å². The third-order valence-electron chi connectivity index (χ3n) is 2.76. The van der Waals surface area contributed by atoms with E-state index >= 15 is 0 Å². The van der Waals surface area contributed by atoms with Gasteiger partial charge in [0.05, 0.1) is 17.1 Å². The molecule has 1 unspecified atom stereocenters. The van der Waals surface area contributed by atoms with Gasteiger partial charge >= 0.3 is 0 Å². The summed E-state index contributed by atoms with van der Waals surface area (Å²) in [6, 6.07) is 7.27. The standard InChI is InChI=1S/C15H21BrN2O3/c1-3-11(16)15(20)17-10-9-14(19)18-12-7-5-6-8-13(12)21-4-2/h5-8,11H,3-4,9-10H2,1-2H3,(H,17,20)(H,18,19). The molecule has 0 aliphatic carbocycles. The van der Waals surface area contributed by atoms with Gasteiger partial charge < -0.3 is 15.4 Å². The highest BCUT2D eigenvalue weighted by molar-refractivity contribution is 9.10. The summed E-state index contributed by atoms with van der Waals surface area (Å²) in [5.74, 6) is 0.383. The van der Waals surface area contributed by atoms with Crippen LogP contribution in [0, 0.1) is 0 Å². The Kier molecular flexibility index (Phi) is 7.82. The van der Waals surface area contributed by atoms with E-state index in [0.29, 0.717) is 31.0 Å². The van der Waals surface area contributed by atoms with E-state index < -0.39 is 0 Å². The summed E-state index contributed by atoms with van der Waals surface area (Å²) in [6.07, 6.45) is 0.926. The predicted octanol–water partition coefficient (Wildman–Crippen LogP) is 2.70. The molecule has 6 heteroatoms. The van der Waals surface area contributed by atoms with Crippen molar-refractivity contribution in [2.45, 2.75) is 31.5 Å². The first-order valence-electron chi connectivity index (χ1n) is 7.01.